The Bertz CT molecular complexity index is 1120. The second kappa shape index (κ2) is 8.45. The first-order chi connectivity index (χ1) is 14.4. The van der Waals surface area contributed by atoms with Crippen molar-refractivity contribution in [2.75, 3.05) is 7.05 Å². The van der Waals surface area contributed by atoms with Crippen molar-refractivity contribution in [3.05, 3.63) is 71.3 Å². The molecule has 0 saturated carbocycles. The monoisotopic (exact) mass is 435 g/mol. The van der Waals surface area contributed by atoms with Gasteiger partial charge in [0.05, 0.1) is 22.4 Å². The van der Waals surface area contributed by atoms with Crippen LogP contribution in [-0.2, 0) is 4.79 Å². The number of likely N-dealkylation sites (N-methyl/N-ethyl adjacent to an activating group) is 1. The van der Waals surface area contributed by atoms with Crippen molar-refractivity contribution < 1.29 is 9.53 Å². The molecule has 7 heteroatoms. The van der Waals surface area contributed by atoms with Gasteiger partial charge in [0.15, 0.2) is 0 Å². The molecule has 0 unspecified atom stereocenters. The number of carbonyl (C=O) groups is 1. The third kappa shape index (κ3) is 4.17. The number of para-hydroxylation sites is 1. The first-order valence-corrected chi connectivity index (χ1v) is 10.8. The molecule has 1 aliphatic rings. The summed E-state index contributed by atoms with van der Waals surface area (Å²) in [6, 6.07) is 17.7. The van der Waals surface area contributed by atoms with E-state index in [4.69, 9.17) is 22.1 Å². The lowest BCUT2D eigenvalue weighted by molar-refractivity contribution is -0.121. The van der Waals surface area contributed by atoms with Gasteiger partial charge in [-0.05, 0) is 56.3 Å². The summed E-state index contributed by atoms with van der Waals surface area (Å²) < 4.78 is 8.13. The van der Waals surface area contributed by atoms with Gasteiger partial charge in [0.1, 0.15) is 10.1 Å². The Labute approximate surface area is 185 Å². The van der Waals surface area contributed by atoms with Gasteiger partial charge in [0, 0.05) is 24.4 Å². The van der Waals surface area contributed by atoms with Crippen molar-refractivity contribution in [3.63, 3.8) is 0 Å². The van der Waals surface area contributed by atoms with E-state index in [1.807, 2.05) is 85.4 Å². The molecule has 1 saturated heterocycles. The van der Waals surface area contributed by atoms with Crippen LogP contribution < -0.4 is 4.74 Å². The predicted octanol–water partition coefficient (Wildman–Crippen LogP) is 5.16. The maximum atomic E-state index is 12.5. The molecule has 30 heavy (non-hydrogen) atoms. The van der Waals surface area contributed by atoms with Crippen molar-refractivity contribution in [1.29, 1.82) is 0 Å². The largest absolute Gasteiger partial charge is 0.491 e. The van der Waals surface area contributed by atoms with Crippen molar-refractivity contribution in [3.8, 4) is 22.7 Å². The molecule has 2 aromatic carbocycles. The maximum absolute atomic E-state index is 12.5. The zero-order valence-electron chi connectivity index (χ0n) is 16.9. The smallest absolute Gasteiger partial charge is 0.265 e. The first kappa shape index (κ1) is 20.4. The van der Waals surface area contributed by atoms with E-state index < -0.39 is 0 Å². The average Bonchev–Trinajstić information content (AvgIpc) is 3.26. The molecule has 0 radical (unpaired) electrons. The summed E-state index contributed by atoms with van der Waals surface area (Å²) in [6.07, 6.45) is 3.91. The van der Waals surface area contributed by atoms with E-state index in [2.05, 4.69) is 0 Å². The number of rotatable bonds is 5. The Morgan fingerprint density at radius 1 is 1.10 bits per heavy atom. The third-order valence-electron chi connectivity index (χ3n) is 4.54. The molecule has 0 atom stereocenters. The highest BCUT2D eigenvalue weighted by molar-refractivity contribution is 8.26. The van der Waals surface area contributed by atoms with E-state index in [9.17, 15) is 4.79 Å². The molecule has 4 rings (SSSR count). The first-order valence-electron chi connectivity index (χ1n) is 9.56. The Balaban J connectivity index is 1.78. The number of nitrogens with zero attached hydrogens (tertiary/aromatic N) is 3. The second-order valence-electron chi connectivity index (χ2n) is 7.14. The molecular weight excluding hydrogens is 414 g/mol. The summed E-state index contributed by atoms with van der Waals surface area (Å²) in [5.41, 5.74) is 3.53. The van der Waals surface area contributed by atoms with Gasteiger partial charge in [-0.3, -0.25) is 9.69 Å². The van der Waals surface area contributed by atoms with Crippen molar-refractivity contribution in [2.45, 2.75) is 20.0 Å². The zero-order valence-corrected chi connectivity index (χ0v) is 18.5. The number of thiocarbonyl (C=S) groups is 1. The summed E-state index contributed by atoms with van der Waals surface area (Å²) in [5, 5.41) is 4.81. The number of hydrogen-bond donors (Lipinski definition) is 0. The molecule has 3 aromatic rings. The van der Waals surface area contributed by atoms with Crippen LogP contribution in [0.15, 0.2) is 65.7 Å². The predicted molar refractivity (Wildman–Crippen MR) is 126 cm³/mol. The van der Waals surface area contributed by atoms with Crippen LogP contribution in [0, 0.1) is 0 Å². The lowest BCUT2D eigenvalue weighted by Gasteiger charge is -2.09. The summed E-state index contributed by atoms with van der Waals surface area (Å²) in [7, 11) is 1.69. The minimum atomic E-state index is -0.0934. The van der Waals surface area contributed by atoms with E-state index in [0.29, 0.717) is 9.23 Å². The fourth-order valence-electron chi connectivity index (χ4n) is 3.08. The second-order valence-corrected chi connectivity index (χ2v) is 8.82. The highest BCUT2D eigenvalue weighted by Crippen LogP contribution is 2.34. The summed E-state index contributed by atoms with van der Waals surface area (Å²) in [4.78, 5) is 14.6. The summed E-state index contributed by atoms with van der Waals surface area (Å²) >= 11 is 6.57. The normalized spacial score (nSPS) is 15.5. The van der Waals surface area contributed by atoms with E-state index in [-0.39, 0.29) is 12.0 Å². The minimum Gasteiger partial charge on any atom is -0.491 e. The van der Waals surface area contributed by atoms with E-state index in [1.54, 1.807) is 7.05 Å². The number of amides is 1. The van der Waals surface area contributed by atoms with Crippen LogP contribution >= 0.6 is 24.0 Å². The topological polar surface area (TPSA) is 47.4 Å². The molecule has 2 heterocycles. The van der Waals surface area contributed by atoms with Gasteiger partial charge in [0.2, 0.25) is 0 Å². The van der Waals surface area contributed by atoms with E-state index >= 15 is 0 Å². The van der Waals surface area contributed by atoms with Crippen LogP contribution in [0.3, 0.4) is 0 Å². The van der Waals surface area contributed by atoms with Gasteiger partial charge in [-0.1, -0.05) is 42.2 Å². The summed E-state index contributed by atoms with van der Waals surface area (Å²) in [5.74, 6) is 0.716. The molecule has 1 aliphatic heterocycles. The number of carbonyl (C=O) groups excluding carboxylic acids is 1. The quantitative estimate of drug-likeness (QED) is 0.409. The lowest BCUT2D eigenvalue weighted by Crippen LogP contribution is -2.22. The minimum absolute atomic E-state index is 0.0934. The molecule has 1 fully saturated rings. The highest BCUT2D eigenvalue weighted by Gasteiger charge is 2.29. The van der Waals surface area contributed by atoms with Crippen LogP contribution in [0.1, 0.15) is 19.4 Å². The van der Waals surface area contributed by atoms with Crippen LogP contribution in [0.4, 0.5) is 0 Å². The van der Waals surface area contributed by atoms with Crippen molar-refractivity contribution >= 4 is 40.3 Å². The highest BCUT2D eigenvalue weighted by atomic mass is 32.2. The molecule has 152 valence electrons. The Morgan fingerprint density at radius 3 is 2.40 bits per heavy atom. The lowest BCUT2D eigenvalue weighted by atomic mass is 10.1. The van der Waals surface area contributed by atoms with E-state index in [1.165, 1.54) is 16.7 Å². The molecule has 1 aromatic heterocycles. The van der Waals surface area contributed by atoms with Gasteiger partial charge in [-0.2, -0.15) is 5.10 Å². The van der Waals surface area contributed by atoms with Crippen molar-refractivity contribution in [1.82, 2.24) is 14.7 Å². The standard InChI is InChI=1S/C23H21N3O2S2/c1-15(2)28-19-11-9-16(10-12-19)21-17(13-20-22(27)25(3)23(29)30-20)14-26(24-21)18-7-5-4-6-8-18/h4-15H,1-3H3. The van der Waals surface area contributed by atoms with Gasteiger partial charge >= 0.3 is 0 Å². The molecule has 0 aliphatic carbocycles. The Hall–Kier alpha value is -2.90. The zero-order chi connectivity index (χ0) is 21.3. The number of aromatic nitrogens is 2. The van der Waals surface area contributed by atoms with Gasteiger partial charge < -0.3 is 4.74 Å². The third-order valence-corrected chi connectivity index (χ3v) is 6.02. The van der Waals surface area contributed by atoms with Gasteiger partial charge in [0.25, 0.3) is 5.91 Å². The van der Waals surface area contributed by atoms with Crippen LogP contribution in [0.5, 0.6) is 5.75 Å². The van der Waals surface area contributed by atoms with Gasteiger partial charge in [-0.25, -0.2) is 4.68 Å². The number of thioether (sulfide) groups is 1. The molecule has 1 amide bonds. The molecule has 0 bridgehead atoms. The molecule has 0 spiro atoms. The fourth-order valence-corrected chi connectivity index (χ4v) is 4.25. The van der Waals surface area contributed by atoms with Crippen LogP contribution in [-0.4, -0.2) is 38.1 Å². The van der Waals surface area contributed by atoms with Crippen LogP contribution in [0.2, 0.25) is 0 Å². The van der Waals surface area contributed by atoms with Gasteiger partial charge in [-0.15, -0.1) is 0 Å². The number of ether oxygens (including phenoxy) is 1. The molecular formula is C23H21N3O2S2. The molecule has 5 nitrogen and oxygen atoms in total. The van der Waals surface area contributed by atoms with E-state index in [0.717, 1.165) is 28.3 Å². The Kier molecular flexibility index (Phi) is 5.74. The molecule has 0 N–H and O–H groups in total. The van der Waals surface area contributed by atoms with Crippen LogP contribution in [0.25, 0.3) is 23.0 Å². The summed E-state index contributed by atoms with van der Waals surface area (Å²) in [6.45, 7) is 3.99. The maximum Gasteiger partial charge on any atom is 0.265 e. The SMILES string of the molecule is CC(C)Oc1ccc(-c2nn(-c3ccccc3)cc2C=C2SC(=S)N(C)C2=O)cc1. The fraction of sp³-hybridized carbons (Fsp3) is 0.174. The Morgan fingerprint density at radius 2 is 1.80 bits per heavy atom. The number of hydrogen-bond acceptors (Lipinski definition) is 5. The van der Waals surface area contributed by atoms with Crippen molar-refractivity contribution in [2.24, 2.45) is 0 Å². The average molecular weight is 436 g/mol. The number of benzene rings is 2.